The van der Waals surface area contributed by atoms with Crippen LogP contribution in [0.1, 0.15) is 38.3 Å². The predicted octanol–water partition coefficient (Wildman–Crippen LogP) is 4.44. The molecule has 2 aromatic heterocycles. The van der Waals surface area contributed by atoms with E-state index in [1.165, 1.54) is 23.4 Å². The number of esters is 1. The fourth-order valence-corrected chi connectivity index (χ4v) is 5.01. The number of sulfone groups is 1. The lowest BCUT2D eigenvalue weighted by atomic mass is 10.0. The Morgan fingerprint density at radius 1 is 1.22 bits per heavy atom. The van der Waals surface area contributed by atoms with Crippen molar-refractivity contribution in [2.45, 2.75) is 52.0 Å². The number of rotatable bonds is 5. The number of amides is 1. The largest absolute Gasteiger partial charge is 0.464 e. The summed E-state index contributed by atoms with van der Waals surface area (Å²) in [4.78, 5) is 34.4. The molecule has 3 heterocycles. The van der Waals surface area contributed by atoms with E-state index < -0.39 is 15.9 Å². The third kappa shape index (κ3) is 9.02. The summed E-state index contributed by atoms with van der Waals surface area (Å²) in [5.74, 6) is 0.965. The normalized spacial score (nSPS) is 15.4. The van der Waals surface area contributed by atoms with Crippen LogP contribution in [0.3, 0.4) is 0 Å². The van der Waals surface area contributed by atoms with E-state index in [1.807, 2.05) is 13.0 Å². The molecular weight excluding hydrogens is 566 g/mol. The molecule has 2 atom stereocenters. The SMILES string of the molecule is CCOC(=O)[C@@H](C)N1CC[C@H](C)C1=O.CN(C)c1ncc(S(C)(=O)=O)cc1Cl.Cc1cc2ccnc(N)c2cc1C. The van der Waals surface area contributed by atoms with Crippen molar-refractivity contribution in [3.63, 3.8) is 0 Å². The van der Waals surface area contributed by atoms with Crippen LogP contribution in [0, 0.1) is 19.8 Å². The van der Waals surface area contributed by atoms with Crippen molar-refractivity contribution >= 4 is 55.7 Å². The summed E-state index contributed by atoms with van der Waals surface area (Å²) < 4.78 is 27.2. The van der Waals surface area contributed by atoms with E-state index in [0.29, 0.717) is 29.8 Å². The van der Waals surface area contributed by atoms with Crippen LogP contribution in [-0.4, -0.2) is 74.7 Å². The number of nitrogens with zero attached hydrogens (tertiary/aromatic N) is 4. The highest BCUT2D eigenvalue weighted by molar-refractivity contribution is 7.90. The van der Waals surface area contributed by atoms with Gasteiger partial charge in [0, 0.05) is 50.6 Å². The fraction of sp³-hybridized carbons (Fsp3) is 0.448. The van der Waals surface area contributed by atoms with E-state index >= 15 is 0 Å². The maximum absolute atomic E-state index is 11.6. The molecule has 12 heteroatoms. The van der Waals surface area contributed by atoms with E-state index in [4.69, 9.17) is 22.1 Å². The van der Waals surface area contributed by atoms with Crippen LogP contribution in [0.25, 0.3) is 10.8 Å². The van der Waals surface area contributed by atoms with Crippen LogP contribution >= 0.6 is 11.6 Å². The number of hydrogen-bond acceptors (Lipinski definition) is 9. The summed E-state index contributed by atoms with van der Waals surface area (Å²) in [7, 11) is 0.339. The number of carbonyl (C=O) groups is 2. The Labute approximate surface area is 247 Å². The van der Waals surface area contributed by atoms with E-state index in [1.54, 1.807) is 43.9 Å². The summed E-state index contributed by atoms with van der Waals surface area (Å²) in [6.45, 7) is 10.6. The van der Waals surface area contributed by atoms with Gasteiger partial charge in [-0.25, -0.2) is 23.2 Å². The van der Waals surface area contributed by atoms with Gasteiger partial charge in [0.25, 0.3) is 0 Å². The zero-order chi connectivity index (χ0) is 31.1. The van der Waals surface area contributed by atoms with Gasteiger partial charge in [-0.15, -0.1) is 0 Å². The number of anilines is 2. The maximum Gasteiger partial charge on any atom is 0.328 e. The lowest BCUT2D eigenvalue weighted by Gasteiger charge is -2.22. The van der Waals surface area contributed by atoms with Crippen LogP contribution in [0.2, 0.25) is 5.02 Å². The van der Waals surface area contributed by atoms with Gasteiger partial charge in [-0.1, -0.05) is 24.6 Å². The molecule has 1 aliphatic heterocycles. The number of fused-ring (bicyclic) bond motifs is 1. The smallest absolute Gasteiger partial charge is 0.328 e. The molecule has 10 nitrogen and oxygen atoms in total. The number of aryl methyl sites for hydroxylation is 2. The quantitative estimate of drug-likeness (QED) is 0.418. The molecule has 1 aromatic carbocycles. The summed E-state index contributed by atoms with van der Waals surface area (Å²) in [5.41, 5.74) is 8.31. The molecule has 0 saturated carbocycles. The average Bonchev–Trinajstić information content (AvgIpc) is 3.23. The van der Waals surface area contributed by atoms with E-state index in [9.17, 15) is 18.0 Å². The second-order valence-electron chi connectivity index (χ2n) is 10.1. The molecule has 4 rings (SSSR count). The molecule has 1 saturated heterocycles. The van der Waals surface area contributed by atoms with Crippen molar-refractivity contribution in [3.05, 3.63) is 52.8 Å². The first-order valence-electron chi connectivity index (χ1n) is 13.2. The average molecular weight is 606 g/mol. The van der Waals surface area contributed by atoms with Crippen LogP contribution in [0.15, 0.2) is 41.6 Å². The summed E-state index contributed by atoms with van der Waals surface area (Å²) in [6.07, 6.45) is 5.00. The molecule has 0 unspecified atom stereocenters. The van der Waals surface area contributed by atoms with Crippen LogP contribution < -0.4 is 10.6 Å². The molecule has 1 amide bonds. The van der Waals surface area contributed by atoms with Gasteiger partial charge in [-0.2, -0.15) is 0 Å². The monoisotopic (exact) mass is 605 g/mol. The van der Waals surface area contributed by atoms with Crippen molar-refractivity contribution in [1.29, 1.82) is 0 Å². The van der Waals surface area contributed by atoms with Crippen molar-refractivity contribution in [2.24, 2.45) is 5.92 Å². The van der Waals surface area contributed by atoms with Crippen LogP contribution in [-0.2, 0) is 24.2 Å². The number of halogens is 1. The molecule has 224 valence electrons. The molecule has 41 heavy (non-hydrogen) atoms. The molecule has 2 N–H and O–H groups in total. The number of carbonyl (C=O) groups excluding carboxylic acids is 2. The third-order valence-electron chi connectivity index (χ3n) is 6.66. The lowest BCUT2D eigenvalue weighted by molar-refractivity contribution is -0.153. The minimum Gasteiger partial charge on any atom is -0.464 e. The molecule has 0 radical (unpaired) electrons. The maximum atomic E-state index is 11.6. The second-order valence-corrected chi connectivity index (χ2v) is 12.6. The summed E-state index contributed by atoms with van der Waals surface area (Å²) in [5, 5.41) is 2.54. The van der Waals surface area contributed by atoms with Crippen LogP contribution in [0.5, 0.6) is 0 Å². The van der Waals surface area contributed by atoms with Crippen molar-refractivity contribution in [1.82, 2.24) is 14.9 Å². The number of nitrogens with two attached hydrogens (primary N) is 1. The first-order chi connectivity index (χ1) is 19.1. The van der Waals surface area contributed by atoms with E-state index in [0.717, 1.165) is 23.4 Å². The molecular formula is C29H40ClN5O5S. The minimum atomic E-state index is -3.23. The Kier molecular flexibility index (Phi) is 11.9. The van der Waals surface area contributed by atoms with Gasteiger partial charge in [-0.3, -0.25) is 4.79 Å². The Hall–Kier alpha value is -3.44. The predicted molar refractivity (Wildman–Crippen MR) is 164 cm³/mol. The highest BCUT2D eigenvalue weighted by atomic mass is 35.5. The van der Waals surface area contributed by atoms with Crippen molar-refractivity contribution < 1.29 is 22.7 Å². The number of ether oxygens (including phenoxy) is 1. The highest BCUT2D eigenvalue weighted by Gasteiger charge is 2.34. The van der Waals surface area contributed by atoms with Gasteiger partial charge >= 0.3 is 5.97 Å². The Morgan fingerprint density at radius 2 is 1.85 bits per heavy atom. The summed E-state index contributed by atoms with van der Waals surface area (Å²) >= 11 is 5.86. The fourth-order valence-electron chi connectivity index (χ4n) is 4.03. The zero-order valence-corrected chi connectivity index (χ0v) is 26.5. The number of nitrogen functional groups attached to an aromatic ring is 1. The number of hydrogen-bond donors (Lipinski definition) is 1. The molecule has 0 bridgehead atoms. The number of aromatic nitrogens is 2. The second kappa shape index (κ2) is 14.5. The topological polar surface area (TPSA) is 136 Å². The standard InChI is InChI=1S/C11H12N2.C10H17NO3.C8H11ClN2O2S/c1-7-5-9-3-4-13-11(12)10(9)6-8(7)2;1-4-14-10(13)8(3)11-6-5-7(2)9(11)12;1-11(2)8-7(9)4-6(5-10-8)14(3,12)13/h3-6H,1-2H3,(H2,12,13);7-8H,4-6H2,1-3H3;4-5H,1-3H3/t;7-,8+;/m.0./s1. The zero-order valence-electron chi connectivity index (χ0n) is 24.9. The number of benzene rings is 1. The Balaban J connectivity index is 0.000000215. The highest BCUT2D eigenvalue weighted by Crippen LogP contribution is 2.24. The Morgan fingerprint density at radius 3 is 2.37 bits per heavy atom. The lowest BCUT2D eigenvalue weighted by Crippen LogP contribution is -2.41. The van der Waals surface area contributed by atoms with Crippen LogP contribution in [0.4, 0.5) is 11.6 Å². The van der Waals surface area contributed by atoms with Crippen molar-refractivity contribution in [3.8, 4) is 0 Å². The Bertz CT molecular complexity index is 1500. The number of likely N-dealkylation sites (tertiary alicyclic amines) is 1. The van der Waals surface area contributed by atoms with Gasteiger partial charge in [0.15, 0.2) is 9.84 Å². The molecule has 3 aromatic rings. The van der Waals surface area contributed by atoms with Gasteiger partial charge < -0.3 is 20.3 Å². The molecule has 0 aliphatic carbocycles. The molecule has 1 aliphatic rings. The first-order valence-corrected chi connectivity index (χ1v) is 15.5. The van der Waals surface area contributed by atoms with Gasteiger partial charge in [0.2, 0.25) is 5.91 Å². The number of pyridine rings is 2. The van der Waals surface area contributed by atoms with E-state index in [2.05, 4.69) is 35.9 Å². The van der Waals surface area contributed by atoms with E-state index in [-0.39, 0.29) is 22.7 Å². The van der Waals surface area contributed by atoms with Gasteiger partial charge in [0.1, 0.15) is 17.7 Å². The summed E-state index contributed by atoms with van der Waals surface area (Å²) in [6, 6.07) is 7.18. The van der Waals surface area contributed by atoms with Gasteiger partial charge in [0.05, 0.1) is 16.5 Å². The molecule has 0 spiro atoms. The van der Waals surface area contributed by atoms with Gasteiger partial charge in [-0.05, 0) is 68.8 Å². The third-order valence-corrected chi connectivity index (χ3v) is 8.02. The minimum absolute atomic E-state index is 0.0480. The molecule has 1 fully saturated rings. The first kappa shape index (κ1) is 33.8. The van der Waals surface area contributed by atoms with Crippen molar-refractivity contribution in [2.75, 3.05) is 44.1 Å².